The lowest BCUT2D eigenvalue weighted by Crippen LogP contribution is -2.26. The van der Waals surface area contributed by atoms with E-state index in [0.29, 0.717) is 33.6 Å². The normalized spacial score (nSPS) is 10.4. The van der Waals surface area contributed by atoms with Crippen molar-refractivity contribution in [2.75, 3.05) is 11.9 Å². The van der Waals surface area contributed by atoms with E-state index in [1.54, 1.807) is 36.4 Å². The molecule has 30 heavy (non-hydrogen) atoms. The third-order valence-corrected chi connectivity index (χ3v) is 4.80. The van der Waals surface area contributed by atoms with Crippen molar-refractivity contribution in [2.24, 2.45) is 0 Å². The van der Waals surface area contributed by atoms with E-state index < -0.39 is 5.91 Å². The van der Waals surface area contributed by atoms with Crippen LogP contribution in [0.15, 0.2) is 66.7 Å². The first kappa shape index (κ1) is 21.7. The van der Waals surface area contributed by atoms with Gasteiger partial charge in [0.15, 0.2) is 6.61 Å². The second-order valence-corrected chi connectivity index (χ2v) is 7.47. The Morgan fingerprint density at radius 1 is 0.967 bits per heavy atom. The van der Waals surface area contributed by atoms with Crippen LogP contribution >= 0.6 is 23.2 Å². The highest BCUT2D eigenvalue weighted by Crippen LogP contribution is 2.27. The summed E-state index contributed by atoms with van der Waals surface area (Å²) < 4.78 is 5.44. The van der Waals surface area contributed by atoms with Crippen LogP contribution in [0, 0.1) is 6.92 Å². The van der Waals surface area contributed by atoms with Gasteiger partial charge in [0, 0.05) is 11.6 Å². The van der Waals surface area contributed by atoms with Crippen molar-refractivity contribution in [1.82, 2.24) is 5.32 Å². The quantitative estimate of drug-likeness (QED) is 0.524. The number of aryl methyl sites for hydroxylation is 1. The summed E-state index contributed by atoms with van der Waals surface area (Å²) in [4.78, 5) is 24.9. The lowest BCUT2D eigenvalue weighted by atomic mass is 10.1. The lowest BCUT2D eigenvalue weighted by Gasteiger charge is -2.12. The summed E-state index contributed by atoms with van der Waals surface area (Å²) >= 11 is 11.9. The zero-order valence-corrected chi connectivity index (χ0v) is 17.8. The number of anilines is 1. The highest BCUT2D eigenvalue weighted by Gasteiger charge is 2.14. The fourth-order valence-corrected chi connectivity index (χ4v) is 3.16. The van der Waals surface area contributed by atoms with Gasteiger partial charge in [-0.05, 0) is 42.8 Å². The Morgan fingerprint density at radius 2 is 1.70 bits per heavy atom. The first-order valence-corrected chi connectivity index (χ1v) is 9.98. The number of carbonyl (C=O) groups is 2. The molecule has 0 aliphatic heterocycles. The second kappa shape index (κ2) is 10.1. The molecule has 0 heterocycles. The Labute approximate surface area is 185 Å². The molecule has 0 aliphatic rings. The zero-order valence-electron chi connectivity index (χ0n) is 16.2. The number of amides is 2. The molecule has 0 aliphatic carbocycles. The fourth-order valence-electron chi connectivity index (χ4n) is 2.70. The number of carbonyl (C=O) groups excluding carboxylic acids is 2. The number of halogens is 2. The molecular formula is C23H20Cl2N2O3. The van der Waals surface area contributed by atoms with Crippen LogP contribution in [0.1, 0.15) is 21.5 Å². The van der Waals surface area contributed by atoms with Gasteiger partial charge in [0.1, 0.15) is 5.75 Å². The van der Waals surface area contributed by atoms with Gasteiger partial charge in [-0.1, -0.05) is 65.2 Å². The summed E-state index contributed by atoms with van der Waals surface area (Å²) in [6.07, 6.45) is 0. The minimum absolute atomic E-state index is 0.263. The van der Waals surface area contributed by atoms with Gasteiger partial charge >= 0.3 is 0 Å². The van der Waals surface area contributed by atoms with Crippen LogP contribution in [-0.2, 0) is 11.3 Å². The molecule has 3 aromatic rings. The molecule has 0 atom stereocenters. The molecule has 5 nitrogen and oxygen atoms in total. The van der Waals surface area contributed by atoms with E-state index in [1.807, 2.05) is 31.2 Å². The largest absolute Gasteiger partial charge is 0.482 e. The van der Waals surface area contributed by atoms with Crippen LogP contribution in [0.4, 0.5) is 5.69 Å². The van der Waals surface area contributed by atoms with Gasteiger partial charge in [-0.3, -0.25) is 9.59 Å². The van der Waals surface area contributed by atoms with E-state index in [0.717, 1.165) is 11.1 Å². The maximum absolute atomic E-state index is 12.6. The summed E-state index contributed by atoms with van der Waals surface area (Å²) in [5, 5.41) is 6.36. The van der Waals surface area contributed by atoms with Crippen LogP contribution in [0.3, 0.4) is 0 Å². The van der Waals surface area contributed by atoms with Crippen LogP contribution in [-0.4, -0.2) is 18.4 Å². The van der Waals surface area contributed by atoms with Crippen molar-refractivity contribution in [2.45, 2.75) is 13.5 Å². The average Bonchev–Trinajstić information content (AvgIpc) is 2.73. The third kappa shape index (κ3) is 5.99. The lowest BCUT2D eigenvalue weighted by molar-refractivity contribution is -0.118. The third-order valence-electron chi connectivity index (χ3n) is 4.27. The van der Waals surface area contributed by atoms with Crippen molar-refractivity contribution < 1.29 is 14.3 Å². The highest BCUT2D eigenvalue weighted by atomic mass is 35.5. The predicted octanol–water partition coefficient (Wildman–Crippen LogP) is 5.25. The number of benzene rings is 3. The zero-order chi connectivity index (χ0) is 21.5. The predicted molar refractivity (Wildman–Crippen MR) is 119 cm³/mol. The maximum atomic E-state index is 12.6. The first-order valence-electron chi connectivity index (χ1n) is 9.23. The molecular weight excluding hydrogens is 423 g/mol. The molecule has 0 saturated heterocycles. The van der Waals surface area contributed by atoms with Gasteiger partial charge < -0.3 is 15.4 Å². The van der Waals surface area contributed by atoms with Crippen LogP contribution in [0.2, 0.25) is 10.0 Å². The molecule has 0 bridgehead atoms. The Bertz CT molecular complexity index is 1050. The Kier molecular flexibility index (Phi) is 7.33. The molecule has 0 fully saturated rings. The van der Waals surface area contributed by atoms with Crippen molar-refractivity contribution in [3.63, 3.8) is 0 Å². The number of hydrogen-bond acceptors (Lipinski definition) is 3. The van der Waals surface area contributed by atoms with Gasteiger partial charge in [0.05, 0.1) is 16.3 Å². The van der Waals surface area contributed by atoms with E-state index in [4.69, 9.17) is 27.9 Å². The average molecular weight is 443 g/mol. The molecule has 2 N–H and O–H groups in total. The number of hydrogen-bond donors (Lipinski definition) is 2. The Morgan fingerprint density at radius 3 is 2.43 bits per heavy atom. The maximum Gasteiger partial charge on any atom is 0.262 e. The molecule has 0 aromatic heterocycles. The summed E-state index contributed by atoms with van der Waals surface area (Å²) in [7, 11) is 0. The summed E-state index contributed by atoms with van der Waals surface area (Å²) in [6.45, 7) is 2.13. The van der Waals surface area contributed by atoms with Gasteiger partial charge in [0.2, 0.25) is 0 Å². The van der Waals surface area contributed by atoms with Crippen LogP contribution in [0.5, 0.6) is 5.75 Å². The Balaban J connectivity index is 1.60. The van der Waals surface area contributed by atoms with E-state index in [-0.39, 0.29) is 12.5 Å². The molecule has 0 spiro atoms. The molecule has 0 unspecified atom stereocenters. The minimum atomic E-state index is -0.417. The summed E-state index contributed by atoms with van der Waals surface area (Å²) in [6, 6.07) is 19.4. The van der Waals surface area contributed by atoms with Gasteiger partial charge in [-0.15, -0.1) is 0 Å². The molecule has 3 rings (SSSR count). The molecule has 0 saturated carbocycles. The highest BCUT2D eigenvalue weighted by molar-refractivity contribution is 6.35. The first-order chi connectivity index (χ1) is 14.4. The van der Waals surface area contributed by atoms with Crippen molar-refractivity contribution in [3.8, 4) is 5.75 Å². The molecule has 3 aromatic carbocycles. The molecule has 154 valence electrons. The van der Waals surface area contributed by atoms with Crippen LogP contribution < -0.4 is 15.4 Å². The topological polar surface area (TPSA) is 67.4 Å². The van der Waals surface area contributed by atoms with Crippen LogP contribution in [0.25, 0.3) is 0 Å². The second-order valence-electron chi connectivity index (χ2n) is 6.63. The van der Waals surface area contributed by atoms with Crippen molar-refractivity contribution in [1.29, 1.82) is 0 Å². The minimum Gasteiger partial charge on any atom is -0.482 e. The van der Waals surface area contributed by atoms with E-state index in [9.17, 15) is 9.59 Å². The Hall–Kier alpha value is -3.02. The number of para-hydroxylation sites is 1. The van der Waals surface area contributed by atoms with Gasteiger partial charge in [0.25, 0.3) is 11.8 Å². The smallest absolute Gasteiger partial charge is 0.262 e. The monoisotopic (exact) mass is 442 g/mol. The number of nitrogens with one attached hydrogen (secondary N) is 2. The SMILES string of the molecule is Cc1ccc(CNC(=O)c2ccccc2NC(=O)COc2ccc(Cl)cc2Cl)cc1. The van der Waals surface area contributed by atoms with E-state index in [1.165, 1.54) is 6.07 Å². The fraction of sp³-hybridized carbons (Fsp3) is 0.130. The van der Waals surface area contributed by atoms with Gasteiger partial charge in [-0.25, -0.2) is 0 Å². The van der Waals surface area contributed by atoms with Crippen molar-refractivity contribution >= 4 is 40.7 Å². The summed E-state index contributed by atoms with van der Waals surface area (Å²) in [5.41, 5.74) is 2.90. The number of ether oxygens (including phenoxy) is 1. The summed E-state index contributed by atoms with van der Waals surface area (Å²) in [5.74, 6) is -0.353. The molecule has 2 amide bonds. The van der Waals surface area contributed by atoms with Crippen molar-refractivity contribution in [3.05, 3.63) is 93.5 Å². The molecule has 0 radical (unpaired) electrons. The number of rotatable bonds is 7. The van der Waals surface area contributed by atoms with Gasteiger partial charge in [-0.2, -0.15) is 0 Å². The van der Waals surface area contributed by atoms with E-state index in [2.05, 4.69) is 10.6 Å². The molecule has 7 heteroatoms. The van der Waals surface area contributed by atoms with E-state index >= 15 is 0 Å². The standard InChI is InChI=1S/C23H20Cl2N2O3/c1-15-6-8-16(9-7-15)13-26-23(29)18-4-2-3-5-20(18)27-22(28)14-30-21-11-10-17(24)12-19(21)25/h2-12H,13-14H2,1H3,(H,26,29)(H,27,28).